The first-order chi connectivity index (χ1) is 15.6. The van der Waals surface area contributed by atoms with Gasteiger partial charge in [0.25, 0.3) is 5.56 Å². The molecule has 1 fully saturated rings. The molecular weight excluding hydrogens is 444 g/mol. The maximum atomic E-state index is 13.1. The molecule has 3 rings (SSSR count). The fourth-order valence-electron chi connectivity index (χ4n) is 4.07. The lowest BCUT2D eigenvalue weighted by Crippen LogP contribution is -2.48. The van der Waals surface area contributed by atoms with E-state index in [4.69, 9.17) is 4.74 Å². The number of aromatic hydroxyl groups is 1. The van der Waals surface area contributed by atoms with Crippen LogP contribution in [0.1, 0.15) is 38.7 Å². The minimum absolute atomic E-state index is 0.0507. The van der Waals surface area contributed by atoms with Gasteiger partial charge >= 0.3 is 5.69 Å². The van der Waals surface area contributed by atoms with Crippen LogP contribution in [-0.4, -0.2) is 55.0 Å². The maximum absolute atomic E-state index is 13.1. The van der Waals surface area contributed by atoms with E-state index in [0.717, 1.165) is 40.2 Å². The van der Waals surface area contributed by atoms with Crippen molar-refractivity contribution in [3.8, 4) is 11.6 Å². The highest BCUT2D eigenvalue weighted by Gasteiger charge is 2.30. The SMILES string of the molecule is COc1ccc(N=C(SCC(=O)N2[C@@H](C)CCC[C@@H]2C)c2c(O)n(C)c(=O)n(C)c2=O)cc1. The van der Waals surface area contributed by atoms with Crippen molar-refractivity contribution in [3.63, 3.8) is 0 Å². The molecule has 1 saturated heterocycles. The van der Waals surface area contributed by atoms with Crippen molar-refractivity contribution >= 4 is 28.4 Å². The largest absolute Gasteiger partial charge is 0.497 e. The lowest BCUT2D eigenvalue weighted by atomic mass is 9.98. The third-order valence-electron chi connectivity index (χ3n) is 5.96. The Morgan fingerprint density at radius 3 is 2.30 bits per heavy atom. The van der Waals surface area contributed by atoms with E-state index in [0.29, 0.717) is 11.4 Å². The zero-order chi connectivity index (χ0) is 24.3. The summed E-state index contributed by atoms with van der Waals surface area (Å²) in [6.45, 7) is 4.08. The number of hydrogen-bond acceptors (Lipinski definition) is 7. The average molecular weight is 475 g/mol. The topological polar surface area (TPSA) is 106 Å². The van der Waals surface area contributed by atoms with Gasteiger partial charge in [-0.1, -0.05) is 11.8 Å². The molecular formula is C23H30N4O5S. The highest BCUT2D eigenvalue weighted by Crippen LogP contribution is 2.27. The van der Waals surface area contributed by atoms with Crippen molar-refractivity contribution in [2.45, 2.75) is 45.2 Å². The number of carbonyl (C=O) groups excluding carboxylic acids is 1. The first-order valence-corrected chi connectivity index (χ1v) is 11.8. The Balaban J connectivity index is 2.02. The maximum Gasteiger partial charge on any atom is 0.333 e. The predicted molar refractivity (Wildman–Crippen MR) is 130 cm³/mol. The van der Waals surface area contributed by atoms with Gasteiger partial charge in [-0.25, -0.2) is 9.79 Å². The summed E-state index contributed by atoms with van der Waals surface area (Å²) in [5.74, 6) is 0.153. The number of amides is 1. The molecule has 9 nitrogen and oxygen atoms in total. The van der Waals surface area contributed by atoms with Crippen LogP contribution in [0.4, 0.5) is 5.69 Å². The van der Waals surface area contributed by atoms with Crippen LogP contribution in [-0.2, 0) is 18.9 Å². The number of methoxy groups -OCH3 is 1. The number of hydrogen-bond donors (Lipinski definition) is 1. The van der Waals surface area contributed by atoms with Crippen molar-refractivity contribution < 1.29 is 14.6 Å². The van der Waals surface area contributed by atoms with Crippen LogP contribution in [0.3, 0.4) is 0 Å². The van der Waals surface area contributed by atoms with E-state index < -0.39 is 17.1 Å². The molecule has 2 heterocycles. The smallest absolute Gasteiger partial charge is 0.333 e. The molecule has 0 unspecified atom stereocenters. The van der Waals surface area contributed by atoms with Gasteiger partial charge in [-0.05, 0) is 57.4 Å². The van der Waals surface area contributed by atoms with E-state index in [1.807, 2.05) is 18.7 Å². The van der Waals surface area contributed by atoms with E-state index in [2.05, 4.69) is 4.99 Å². The molecule has 178 valence electrons. The highest BCUT2D eigenvalue weighted by atomic mass is 32.2. The summed E-state index contributed by atoms with van der Waals surface area (Å²) in [5.41, 5.74) is -0.932. The number of nitrogens with zero attached hydrogens (tertiary/aromatic N) is 4. The van der Waals surface area contributed by atoms with Gasteiger partial charge < -0.3 is 14.7 Å². The second kappa shape index (κ2) is 10.3. The molecule has 0 aliphatic carbocycles. The Kier molecular flexibility index (Phi) is 7.68. The minimum atomic E-state index is -0.678. The van der Waals surface area contributed by atoms with Gasteiger partial charge in [0.2, 0.25) is 11.8 Å². The summed E-state index contributed by atoms with van der Waals surface area (Å²) in [7, 11) is 4.27. The fourth-order valence-corrected chi connectivity index (χ4v) is 4.97. The van der Waals surface area contributed by atoms with Gasteiger partial charge in [-0.2, -0.15) is 0 Å². The number of ether oxygens (including phenoxy) is 1. The molecule has 0 saturated carbocycles. The quantitative estimate of drug-likeness (QED) is 0.527. The van der Waals surface area contributed by atoms with E-state index in [1.165, 1.54) is 14.1 Å². The third kappa shape index (κ3) is 5.16. The van der Waals surface area contributed by atoms with Gasteiger partial charge in [0.1, 0.15) is 16.4 Å². The summed E-state index contributed by atoms with van der Waals surface area (Å²) in [6.07, 6.45) is 3.00. The van der Waals surface area contributed by atoms with Crippen molar-refractivity contribution in [1.29, 1.82) is 0 Å². The van der Waals surface area contributed by atoms with E-state index in [1.54, 1.807) is 31.4 Å². The molecule has 33 heavy (non-hydrogen) atoms. The molecule has 1 aromatic carbocycles. The molecule has 0 spiro atoms. The van der Waals surface area contributed by atoms with Crippen LogP contribution in [0.2, 0.25) is 0 Å². The highest BCUT2D eigenvalue weighted by molar-refractivity contribution is 8.15. The molecule has 1 aliphatic heterocycles. The van der Waals surface area contributed by atoms with Gasteiger partial charge in [0, 0.05) is 26.2 Å². The van der Waals surface area contributed by atoms with Crippen LogP contribution < -0.4 is 16.0 Å². The van der Waals surface area contributed by atoms with Crippen LogP contribution in [0.15, 0.2) is 38.8 Å². The van der Waals surface area contributed by atoms with Crippen LogP contribution in [0.5, 0.6) is 11.6 Å². The number of benzene rings is 1. The Morgan fingerprint density at radius 1 is 1.12 bits per heavy atom. The number of rotatable bonds is 5. The molecule has 10 heteroatoms. The first kappa shape index (κ1) is 24.6. The number of piperidine rings is 1. The first-order valence-electron chi connectivity index (χ1n) is 10.8. The Hall–Kier alpha value is -3.01. The molecule has 1 aromatic heterocycles. The predicted octanol–water partition coefficient (Wildman–Crippen LogP) is 2.40. The molecule has 0 bridgehead atoms. The van der Waals surface area contributed by atoms with Crippen LogP contribution in [0, 0.1) is 0 Å². The molecule has 2 aromatic rings. The number of aliphatic imine (C=N–C) groups is 1. The monoisotopic (exact) mass is 474 g/mol. The number of aromatic nitrogens is 2. The normalized spacial score (nSPS) is 18.9. The molecule has 2 atom stereocenters. The second-order valence-corrected chi connectivity index (χ2v) is 9.20. The molecule has 1 amide bonds. The van der Waals surface area contributed by atoms with Gasteiger partial charge in [0.05, 0.1) is 18.6 Å². The van der Waals surface area contributed by atoms with Crippen molar-refractivity contribution in [3.05, 3.63) is 50.7 Å². The average Bonchev–Trinajstić information content (AvgIpc) is 2.80. The Morgan fingerprint density at radius 2 is 1.73 bits per heavy atom. The van der Waals surface area contributed by atoms with Crippen molar-refractivity contribution in [2.75, 3.05) is 12.9 Å². The van der Waals surface area contributed by atoms with Crippen LogP contribution in [0.25, 0.3) is 0 Å². The summed E-state index contributed by atoms with van der Waals surface area (Å²) in [6, 6.07) is 7.15. The molecule has 1 aliphatic rings. The minimum Gasteiger partial charge on any atom is -0.497 e. The summed E-state index contributed by atoms with van der Waals surface area (Å²) in [5, 5.41) is 10.8. The lowest BCUT2D eigenvalue weighted by molar-refractivity contribution is -0.134. The van der Waals surface area contributed by atoms with Gasteiger partial charge in [-0.15, -0.1) is 0 Å². The zero-order valence-electron chi connectivity index (χ0n) is 19.6. The summed E-state index contributed by atoms with van der Waals surface area (Å²) < 4.78 is 7.07. The Labute approximate surface area is 196 Å². The molecule has 0 radical (unpaired) electrons. The van der Waals surface area contributed by atoms with E-state index in [9.17, 15) is 19.5 Å². The summed E-state index contributed by atoms with van der Waals surface area (Å²) in [4.78, 5) is 44.7. The lowest BCUT2D eigenvalue weighted by Gasteiger charge is -2.39. The van der Waals surface area contributed by atoms with Gasteiger partial charge in [0.15, 0.2) is 0 Å². The fraction of sp³-hybridized carbons (Fsp3) is 0.478. The van der Waals surface area contributed by atoms with E-state index in [-0.39, 0.29) is 34.4 Å². The van der Waals surface area contributed by atoms with Crippen molar-refractivity contribution in [2.24, 2.45) is 19.1 Å². The van der Waals surface area contributed by atoms with E-state index >= 15 is 0 Å². The zero-order valence-corrected chi connectivity index (χ0v) is 20.4. The number of likely N-dealkylation sites (tertiary alicyclic amines) is 1. The Bertz CT molecular complexity index is 1160. The number of thioether (sulfide) groups is 1. The third-order valence-corrected chi connectivity index (χ3v) is 6.92. The van der Waals surface area contributed by atoms with Crippen molar-refractivity contribution in [1.82, 2.24) is 14.0 Å². The summed E-state index contributed by atoms with van der Waals surface area (Å²) >= 11 is 1.08. The standard InChI is InChI=1S/C23H30N4O5S/c1-14-7-6-8-15(2)27(14)18(28)13-33-20(24-16-9-11-17(32-5)12-10-16)19-21(29)25(3)23(31)26(4)22(19)30/h9-12,14-15,29H,6-8,13H2,1-5H3/t14-,15-/m0/s1. The van der Waals surface area contributed by atoms with Crippen LogP contribution >= 0.6 is 11.8 Å². The van der Waals surface area contributed by atoms with Gasteiger partial charge in [-0.3, -0.25) is 18.7 Å². The number of carbonyl (C=O) groups is 1. The second-order valence-electron chi connectivity index (χ2n) is 8.24. The molecule has 1 N–H and O–H groups in total.